The molecule has 0 aromatic heterocycles. The fourth-order valence-corrected chi connectivity index (χ4v) is 1.18. The van der Waals surface area contributed by atoms with Gasteiger partial charge in [0.1, 0.15) is 11.8 Å². The normalized spacial score (nSPS) is 11.1. The Bertz CT molecular complexity index is 330. The van der Waals surface area contributed by atoms with Gasteiger partial charge in [-0.1, -0.05) is 18.2 Å². The molecule has 0 aliphatic carbocycles. The maximum atomic E-state index is 11.2. The first-order chi connectivity index (χ1) is 6.70. The summed E-state index contributed by atoms with van der Waals surface area (Å²) in [6.45, 7) is 0. The third kappa shape index (κ3) is 3.11. The van der Waals surface area contributed by atoms with Crippen molar-refractivity contribution in [3.8, 4) is 5.75 Å². The van der Waals surface area contributed by atoms with Crippen molar-refractivity contribution in [3.05, 3.63) is 29.8 Å². The van der Waals surface area contributed by atoms with Crippen LogP contribution in [0.15, 0.2) is 24.3 Å². The number of nitrogens with two attached hydrogens (primary N) is 1. The van der Waals surface area contributed by atoms with Crippen LogP contribution in [0.25, 0.3) is 0 Å². The molecule has 0 aliphatic heterocycles. The van der Waals surface area contributed by atoms with Crippen molar-refractivity contribution in [2.45, 2.75) is 6.04 Å². The van der Waals surface area contributed by atoms with Crippen LogP contribution in [0.4, 0.5) is 0 Å². The van der Waals surface area contributed by atoms with Gasteiger partial charge in [0.2, 0.25) is 0 Å². The Hall–Kier alpha value is -1.26. The lowest BCUT2D eigenvalue weighted by molar-refractivity contribution is -0.142. The summed E-state index contributed by atoms with van der Waals surface area (Å²) < 4.78 is 9.62. The van der Waals surface area contributed by atoms with Crippen LogP contribution in [0.5, 0.6) is 5.75 Å². The highest BCUT2D eigenvalue weighted by molar-refractivity contribution is 5.85. The Morgan fingerprint density at radius 3 is 2.47 bits per heavy atom. The third-order valence-corrected chi connectivity index (χ3v) is 1.93. The van der Waals surface area contributed by atoms with Crippen LogP contribution in [0, 0.1) is 0 Å². The van der Waals surface area contributed by atoms with Gasteiger partial charge in [-0.2, -0.15) is 0 Å². The number of ether oxygens (including phenoxy) is 2. The molecule has 0 radical (unpaired) electrons. The molecule has 1 aromatic carbocycles. The minimum absolute atomic E-state index is 0. The maximum Gasteiger partial charge on any atom is 0.327 e. The first kappa shape index (κ1) is 13.7. The van der Waals surface area contributed by atoms with Crippen LogP contribution in [-0.2, 0) is 9.53 Å². The lowest BCUT2D eigenvalue weighted by Crippen LogP contribution is -2.23. The first-order valence-corrected chi connectivity index (χ1v) is 4.17. The molecule has 5 heteroatoms. The van der Waals surface area contributed by atoms with Crippen LogP contribution in [0.1, 0.15) is 11.6 Å². The summed E-state index contributed by atoms with van der Waals surface area (Å²) in [6.07, 6.45) is 0. The fraction of sp³-hybridized carbons (Fsp3) is 0.300. The quantitative estimate of drug-likeness (QED) is 0.797. The molecule has 15 heavy (non-hydrogen) atoms. The van der Waals surface area contributed by atoms with Gasteiger partial charge in [0.25, 0.3) is 0 Å². The Morgan fingerprint density at radius 2 is 1.93 bits per heavy atom. The highest BCUT2D eigenvalue weighted by atomic mass is 35.5. The zero-order valence-corrected chi connectivity index (χ0v) is 9.41. The highest BCUT2D eigenvalue weighted by Gasteiger charge is 2.19. The number of benzene rings is 1. The predicted molar refractivity (Wildman–Crippen MR) is 59.2 cm³/mol. The molecule has 1 atom stereocenters. The van der Waals surface area contributed by atoms with Gasteiger partial charge in [0.05, 0.1) is 14.2 Å². The van der Waals surface area contributed by atoms with Crippen LogP contribution in [-0.4, -0.2) is 20.2 Å². The van der Waals surface area contributed by atoms with E-state index in [1.165, 1.54) is 14.2 Å². The summed E-state index contributed by atoms with van der Waals surface area (Å²) in [4.78, 5) is 11.2. The Balaban J connectivity index is 0.00000196. The van der Waals surface area contributed by atoms with Crippen molar-refractivity contribution in [3.63, 3.8) is 0 Å². The summed E-state index contributed by atoms with van der Waals surface area (Å²) in [7, 11) is 2.83. The van der Waals surface area contributed by atoms with E-state index < -0.39 is 12.0 Å². The van der Waals surface area contributed by atoms with Gasteiger partial charge in [-0.25, -0.2) is 0 Å². The van der Waals surface area contributed by atoms with E-state index in [9.17, 15) is 4.79 Å². The Labute approximate surface area is 94.8 Å². The summed E-state index contributed by atoms with van der Waals surface area (Å²) in [5.74, 6) is 0.111. The van der Waals surface area contributed by atoms with Crippen molar-refractivity contribution in [1.29, 1.82) is 0 Å². The molecule has 0 fully saturated rings. The number of hydrogen-bond acceptors (Lipinski definition) is 4. The second kappa shape index (κ2) is 6.27. The van der Waals surface area contributed by atoms with E-state index in [4.69, 9.17) is 10.5 Å². The van der Waals surface area contributed by atoms with E-state index in [-0.39, 0.29) is 12.4 Å². The summed E-state index contributed by atoms with van der Waals surface area (Å²) >= 11 is 0. The van der Waals surface area contributed by atoms with E-state index >= 15 is 0 Å². The molecule has 0 saturated carbocycles. The molecule has 0 unspecified atom stereocenters. The van der Waals surface area contributed by atoms with E-state index in [2.05, 4.69) is 4.74 Å². The summed E-state index contributed by atoms with van der Waals surface area (Å²) in [6, 6.07) is 6.29. The average molecular weight is 232 g/mol. The predicted octanol–water partition coefficient (Wildman–Crippen LogP) is 1.29. The van der Waals surface area contributed by atoms with Gasteiger partial charge < -0.3 is 15.2 Å². The maximum absolute atomic E-state index is 11.2. The van der Waals surface area contributed by atoms with Crippen LogP contribution < -0.4 is 10.5 Å². The molecule has 1 aromatic rings. The van der Waals surface area contributed by atoms with Gasteiger partial charge in [-0.3, -0.25) is 4.79 Å². The monoisotopic (exact) mass is 231 g/mol. The first-order valence-electron chi connectivity index (χ1n) is 4.17. The van der Waals surface area contributed by atoms with Crippen molar-refractivity contribution in [2.24, 2.45) is 5.73 Å². The van der Waals surface area contributed by atoms with Gasteiger partial charge in [0, 0.05) is 5.56 Å². The standard InChI is InChI=1S/C10H13NO3.ClH/c1-13-8-6-4-3-5-7(8)9(11)10(12)14-2;/h3-6,9H,11H2,1-2H3;1H/t9-;/m0./s1. The molecule has 0 spiro atoms. The molecule has 0 bridgehead atoms. The highest BCUT2D eigenvalue weighted by Crippen LogP contribution is 2.23. The van der Waals surface area contributed by atoms with Gasteiger partial charge in [-0.15, -0.1) is 12.4 Å². The van der Waals surface area contributed by atoms with Gasteiger partial charge in [-0.05, 0) is 6.07 Å². The van der Waals surface area contributed by atoms with Crippen LogP contribution in [0.2, 0.25) is 0 Å². The molecule has 0 amide bonds. The number of esters is 1. The summed E-state index contributed by atoms with van der Waals surface area (Å²) in [5, 5.41) is 0. The second-order valence-corrected chi connectivity index (χ2v) is 2.74. The van der Waals surface area contributed by atoms with Crippen molar-refractivity contribution < 1.29 is 14.3 Å². The molecule has 84 valence electrons. The van der Waals surface area contributed by atoms with Crippen LogP contribution in [0.3, 0.4) is 0 Å². The third-order valence-electron chi connectivity index (χ3n) is 1.93. The van der Waals surface area contributed by atoms with Crippen molar-refractivity contribution >= 4 is 18.4 Å². The Kier molecular flexibility index (Phi) is 5.74. The zero-order valence-electron chi connectivity index (χ0n) is 8.60. The minimum atomic E-state index is -0.795. The number of para-hydroxylation sites is 1. The second-order valence-electron chi connectivity index (χ2n) is 2.74. The Morgan fingerprint density at radius 1 is 1.33 bits per heavy atom. The number of carbonyl (C=O) groups is 1. The number of methoxy groups -OCH3 is 2. The largest absolute Gasteiger partial charge is 0.496 e. The topological polar surface area (TPSA) is 61.5 Å². The fourth-order valence-electron chi connectivity index (χ4n) is 1.18. The zero-order chi connectivity index (χ0) is 10.6. The molecule has 0 aliphatic rings. The van der Waals surface area contributed by atoms with E-state index in [1.807, 2.05) is 6.07 Å². The lowest BCUT2D eigenvalue weighted by Gasteiger charge is -2.12. The van der Waals surface area contributed by atoms with Gasteiger partial charge in [0.15, 0.2) is 0 Å². The number of halogens is 1. The molecule has 2 N–H and O–H groups in total. The molecular formula is C10H14ClNO3. The van der Waals surface area contributed by atoms with Crippen molar-refractivity contribution in [2.75, 3.05) is 14.2 Å². The van der Waals surface area contributed by atoms with Crippen LogP contribution >= 0.6 is 12.4 Å². The number of hydrogen-bond donors (Lipinski definition) is 1. The molecule has 0 saturated heterocycles. The SMILES string of the molecule is COC(=O)[C@@H](N)c1ccccc1OC.Cl. The lowest BCUT2D eigenvalue weighted by atomic mass is 10.1. The molecule has 0 heterocycles. The van der Waals surface area contributed by atoms with Gasteiger partial charge >= 0.3 is 5.97 Å². The average Bonchev–Trinajstić information content (AvgIpc) is 2.26. The number of carbonyl (C=O) groups excluding carboxylic acids is 1. The van der Waals surface area contributed by atoms with E-state index in [0.29, 0.717) is 11.3 Å². The summed E-state index contributed by atoms with van der Waals surface area (Å²) in [5.41, 5.74) is 6.30. The smallest absolute Gasteiger partial charge is 0.327 e. The van der Waals surface area contributed by atoms with E-state index in [1.54, 1.807) is 18.2 Å². The van der Waals surface area contributed by atoms with E-state index in [0.717, 1.165) is 0 Å². The molecular weight excluding hydrogens is 218 g/mol. The molecule has 1 rings (SSSR count). The molecule has 4 nitrogen and oxygen atoms in total. The number of rotatable bonds is 3. The van der Waals surface area contributed by atoms with Crippen molar-refractivity contribution in [1.82, 2.24) is 0 Å². The minimum Gasteiger partial charge on any atom is -0.496 e.